The molecule has 1 fully saturated rings. The second-order valence-electron chi connectivity index (χ2n) is 9.01. The fourth-order valence-electron chi connectivity index (χ4n) is 4.71. The van der Waals surface area contributed by atoms with E-state index < -0.39 is 18.1 Å². The lowest BCUT2D eigenvalue weighted by atomic mass is 9.93. The lowest BCUT2D eigenvalue weighted by molar-refractivity contribution is -0.139. The molecule has 1 unspecified atom stereocenters. The van der Waals surface area contributed by atoms with Crippen LogP contribution in [0.15, 0.2) is 24.3 Å². The predicted molar refractivity (Wildman–Crippen MR) is 123 cm³/mol. The van der Waals surface area contributed by atoms with Gasteiger partial charge in [0.25, 0.3) is 0 Å². The van der Waals surface area contributed by atoms with Gasteiger partial charge in [-0.3, -0.25) is 9.59 Å². The zero-order valence-electron chi connectivity index (χ0n) is 19.9. The lowest BCUT2D eigenvalue weighted by Gasteiger charge is -2.34. The van der Waals surface area contributed by atoms with E-state index in [0.717, 1.165) is 31.2 Å². The van der Waals surface area contributed by atoms with Crippen molar-refractivity contribution in [2.75, 3.05) is 13.7 Å². The molecule has 6 nitrogen and oxygen atoms in total. The molecule has 2 rings (SSSR count). The Hall–Kier alpha value is -1.92. The Morgan fingerprint density at radius 1 is 1.19 bits per heavy atom. The van der Waals surface area contributed by atoms with Crippen LogP contribution in [0.4, 0.5) is 0 Å². The molecule has 0 radical (unpaired) electrons. The van der Waals surface area contributed by atoms with E-state index in [0.29, 0.717) is 12.5 Å². The van der Waals surface area contributed by atoms with E-state index in [2.05, 4.69) is 31.3 Å². The number of benzene rings is 1. The number of hydrogen-bond donors (Lipinski definition) is 2. The quantitative estimate of drug-likeness (QED) is 0.590. The Morgan fingerprint density at radius 2 is 1.81 bits per heavy atom. The molecule has 1 saturated heterocycles. The first-order valence-electron chi connectivity index (χ1n) is 11.6. The summed E-state index contributed by atoms with van der Waals surface area (Å²) in [6.07, 6.45) is 2.84. The highest BCUT2D eigenvalue weighted by atomic mass is 16.5. The third-order valence-corrected chi connectivity index (χ3v) is 6.67. The SMILES string of the molecule is CCCC(C)c1ccc([C@H](O)[C@@H](C)NC(=O)[C@H](C)[C@@H](OC)[C@@H]2CCCN2C(C)=O)cc1. The highest BCUT2D eigenvalue weighted by Gasteiger charge is 2.39. The molecule has 31 heavy (non-hydrogen) atoms. The maximum absolute atomic E-state index is 12.9. The van der Waals surface area contributed by atoms with Gasteiger partial charge in [-0.05, 0) is 43.2 Å². The molecular weight excluding hydrogens is 392 g/mol. The first kappa shape index (κ1) is 25.3. The van der Waals surface area contributed by atoms with Crippen LogP contribution in [0.2, 0.25) is 0 Å². The van der Waals surface area contributed by atoms with E-state index in [4.69, 9.17) is 4.74 Å². The van der Waals surface area contributed by atoms with Gasteiger partial charge in [-0.25, -0.2) is 0 Å². The molecule has 1 aromatic rings. The molecule has 174 valence electrons. The molecule has 0 bridgehead atoms. The van der Waals surface area contributed by atoms with E-state index in [1.165, 1.54) is 5.56 Å². The molecule has 1 aromatic carbocycles. The minimum Gasteiger partial charge on any atom is -0.386 e. The van der Waals surface area contributed by atoms with Gasteiger partial charge in [0.15, 0.2) is 0 Å². The Labute approximate surface area is 187 Å². The van der Waals surface area contributed by atoms with Crippen LogP contribution in [0.1, 0.15) is 83.5 Å². The van der Waals surface area contributed by atoms with Crippen molar-refractivity contribution in [3.63, 3.8) is 0 Å². The number of aliphatic hydroxyl groups excluding tert-OH is 1. The van der Waals surface area contributed by atoms with Crippen molar-refractivity contribution in [3.05, 3.63) is 35.4 Å². The second-order valence-corrected chi connectivity index (χ2v) is 9.01. The van der Waals surface area contributed by atoms with Gasteiger partial charge in [0.1, 0.15) is 0 Å². The van der Waals surface area contributed by atoms with Crippen LogP contribution in [0.5, 0.6) is 0 Å². The van der Waals surface area contributed by atoms with Crippen LogP contribution >= 0.6 is 0 Å². The van der Waals surface area contributed by atoms with Crippen molar-refractivity contribution >= 4 is 11.8 Å². The van der Waals surface area contributed by atoms with E-state index in [-0.39, 0.29) is 24.0 Å². The first-order chi connectivity index (χ1) is 14.7. The standard InChI is InChI=1S/C25H40N2O4/c1-7-9-16(2)20-11-13-21(14-12-20)23(29)18(4)26-25(30)17(3)24(31-6)22-10-8-15-27(22)19(5)28/h11-14,16-18,22-24,29H,7-10,15H2,1-6H3,(H,26,30)/t16?,17-,18-,22+,23-,24-/m1/s1. The van der Waals surface area contributed by atoms with Gasteiger partial charge in [-0.2, -0.15) is 0 Å². The number of rotatable bonds is 10. The van der Waals surface area contributed by atoms with Crippen LogP contribution in [-0.4, -0.2) is 53.7 Å². The molecule has 6 atom stereocenters. The molecule has 0 aromatic heterocycles. The van der Waals surface area contributed by atoms with Crippen molar-refractivity contribution in [3.8, 4) is 0 Å². The largest absolute Gasteiger partial charge is 0.386 e. The predicted octanol–water partition coefficient (Wildman–Crippen LogP) is 3.79. The summed E-state index contributed by atoms with van der Waals surface area (Å²) in [5.74, 6) is -0.119. The first-order valence-corrected chi connectivity index (χ1v) is 11.6. The van der Waals surface area contributed by atoms with Crippen LogP contribution in [0, 0.1) is 5.92 Å². The zero-order valence-corrected chi connectivity index (χ0v) is 19.9. The van der Waals surface area contributed by atoms with Crippen LogP contribution in [0.3, 0.4) is 0 Å². The van der Waals surface area contributed by atoms with Crippen molar-refractivity contribution in [1.82, 2.24) is 10.2 Å². The number of hydrogen-bond acceptors (Lipinski definition) is 4. The summed E-state index contributed by atoms with van der Waals surface area (Å²) in [7, 11) is 1.59. The van der Waals surface area contributed by atoms with Gasteiger partial charge in [-0.15, -0.1) is 0 Å². The van der Waals surface area contributed by atoms with Gasteiger partial charge >= 0.3 is 0 Å². The molecule has 1 aliphatic rings. The third kappa shape index (κ3) is 6.30. The summed E-state index contributed by atoms with van der Waals surface area (Å²) in [6, 6.07) is 7.47. The summed E-state index contributed by atoms with van der Waals surface area (Å²) in [5.41, 5.74) is 2.05. The number of methoxy groups -OCH3 is 1. The van der Waals surface area contributed by atoms with Gasteiger partial charge in [0, 0.05) is 20.6 Å². The summed E-state index contributed by atoms with van der Waals surface area (Å²) in [6.45, 7) is 10.3. The molecule has 2 amide bonds. The maximum Gasteiger partial charge on any atom is 0.225 e. The number of nitrogens with one attached hydrogen (secondary N) is 1. The van der Waals surface area contributed by atoms with Crippen molar-refractivity contribution in [2.45, 2.75) is 90.5 Å². The minimum absolute atomic E-state index is 0.0117. The van der Waals surface area contributed by atoms with E-state index in [1.807, 2.05) is 26.0 Å². The zero-order chi connectivity index (χ0) is 23.1. The number of carbonyl (C=O) groups excluding carboxylic acids is 2. The second kappa shape index (κ2) is 11.6. The van der Waals surface area contributed by atoms with Crippen molar-refractivity contribution < 1.29 is 19.4 Å². The Kier molecular flexibility index (Phi) is 9.51. The number of amides is 2. The molecule has 2 N–H and O–H groups in total. The average Bonchev–Trinajstić information content (AvgIpc) is 3.23. The van der Waals surface area contributed by atoms with Crippen molar-refractivity contribution in [2.24, 2.45) is 5.92 Å². The molecular formula is C25H40N2O4. The Morgan fingerprint density at radius 3 is 2.35 bits per heavy atom. The van der Waals surface area contributed by atoms with Crippen LogP contribution in [0.25, 0.3) is 0 Å². The molecule has 0 saturated carbocycles. The Balaban J connectivity index is 2.00. The average molecular weight is 433 g/mol. The molecule has 6 heteroatoms. The summed E-state index contributed by atoms with van der Waals surface area (Å²) in [4.78, 5) is 26.7. The van der Waals surface area contributed by atoms with Crippen LogP contribution < -0.4 is 5.32 Å². The summed E-state index contributed by atoms with van der Waals surface area (Å²) >= 11 is 0. The topological polar surface area (TPSA) is 78.9 Å². The number of likely N-dealkylation sites (tertiary alicyclic amines) is 1. The van der Waals surface area contributed by atoms with Gasteiger partial charge in [-0.1, -0.05) is 51.5 Å². The van der Waals surface area contributed by atoms with Crippen LogP contribution in [-0.2, 0) is 14.3 Å². The van der Waals surface area contributed by atoms with Gasteiger partial charge < -0.3 is 20.1 Å². The third-order valence-electron chi connectivity index (χ3n) is 6.67. The number of ether oxygens (including phenoxy) is 1. The fourth-order valence-corrected chi connectivity index (χ4v) is 4.71. The monoisotopic (exact) mass is 432 g/mol. The van der Waals surface area contributed by atoms with E-state index in [9.17, 15) is 14.7 Å². The van der Waals surface area contributed by atoms with E-state index >= 15 is 0 Å². The highest BCUT2D eigenvalue weighted by molar-refractivity contribution is 5.80. The molecule has 0 aliphatic carbocycles. The summed E-state index contributed by atoms with van der Waals surface area (Å²) < 4.78 is 5.66. The molecule has 1 heterocycles. The maximum atomic E-state index is 12.9. The summed E-state index contributed by atoms with van der Waals surface area (Å²) in [5, 5.41) is 13.7. The fraction of sp³-hybridized carbons (Fsp3) is 0.680. The number of carbonyl (C=O) groups is 2. The molecule has 0 spiro atoms. The Bertz CT molecular complexity index is 721. The van der Waals surface area contributed by atoms with Crippen molar-refractivity contribution in [1.29, 1.82) is 0 Å². The normalized spacial score (nSPS) is 21.3. The number of nitrogens with zero attached hydrogens (tertiary/aromatic N) is 1. The van der Waals surface area contributed by atoms with E-state index in [1.54, 1.807) is 18.9 Å². The smallest absolute Gasteiger partial charge is 0.225 e. The minimum atomic E-state index is -0.798. The molecule has 1 aliphatic heterocycles. The van der Waals surface area contributed by atoms with Gasteiger partial charge in [0.2, 0.25) is 11.8 Å². The number of aliphatic hydroxyl groups is 1. The highest BCUT2D eigenvalue weighted by Crippen LogP contribution is 2.27. The van der Waals surface area contributed by atoms with Gasteiger partial charge in [0.05, 0.1) is 30.2 Å². The lowest BCUT2D eigenvalue weighted by Crippen LogP contribution is -2.50.